The van der Waals surface area contributed by atoms with Crippen molar-refractivity contribution in [2.24, 2.45) is 0 Å². The predicted molar refractivity (Wildman–Crippen MR) is 104 cm³/mol. The molecular weight excluding hydrogens is 433 g/mol. The van der Waals surface area contributed by atoms with E-state index in [-0.39, 0.29) is 40.5 Å². The Balaban J connectivity index is 1.89. The fourth-order valence-electron chi connectivity index (χ4n) is 2.27. The molecule has 0 spiro atoms. The van der Waals surface area contributed by atoms with Crippen LogP contribution in [0.15, 0.2) is 45.0 Å². The van der Waals surface area contributed by atoms with Crippen LogP contribution in [0.5, 0.6) is 0 Å². The van der Waals surface area contributed by atoms with Crippen LogP contribution in [-0.2, 0) is 21.3 Å². The Morgan fingerprint density at radius 1 is 1.22 bits per heavy atom. The van der Waals surface area contributed by atoms with Crippen molar-refractivity contribution in [2.75, 3.05) is 20.3 Å². The van der Waals surface area contributed by atoms with Gasteiger partial charge in [0.1, 0.15) is 0 Å². The molecule has 3 aromatic rings. The molecule has 0 saturated heterocycles. The zero-order valence-electron chi connectivity index (χ0n) is 14.1. The number of aromatic nitrogens is 2. The minimum absolute atomic E-state index is 0.0194. The van der Waals surface area contributed by atoms with Gasteiger partial charge in [-0.1, -0.05) is 29.3 Å². The number of halogens is 2. The molecule has 0 amide bonds. The number of nitrogens with zero attached hydrogens (tertiary/aromatic N) is 3. The number of benzene rings is 1. The van der Waals surface area contributed by atoms with E-state index in [0.29, 0.717) is 5.89 Å². The Morgan fingerprint density at radius 2 is 1.96 bits per heavy atom. The first kappa shape index (κ1) is 20.2. The number of thiophene rings is 1. The fraction of sp³-hybridized carbons (Fsp3) is 0.250. The second-order valence-corrected chi connectivity index (χ2v) is 9.17. The molecule has 144 valence electrons. The highest BCUT2D eigenvalue weighted by Gasteiger charge is 2.27. The Kier molecular flexibility index (Phi) is 6.51. The van der Waals surface area contributed by atoms with Crippen molar-refractivity contribution in [1.29, 1.82) is 0 Å². The zero-order valence-corrected chi connectivity index (χ0v) is 17.3. The third-order valence-corrected chi connectivity index (χ3v) is 6.65. The molecule has 0 radical (unpaired) electrons. The van der Waals surface area contributed by atoms with Crippen LogP contribution in [0.1, 0.15) is 5.89 Å². The van der Waals surface area contributed by atoms with Crippen molar-refractivity contribution in [3.8, 4) is 10.8 Å². The maximum absolute atomic E-state index is 13.0. The summed E-state index contributed by atoms with van der Waals surface area (Å²) in [4.78, 5) is 0.788. The normalized spacial score (nSPS) is 12.0. The van der Waals surface area contributed by atoms with E-state index in [1.165, 1.54) is 41.0 Å². The van der Waals surface area contributed by atoms with Crippen molar-refractivity contribution in [3.05, 3.63) is 51.6 Å². The summed E-state index contributed by atoms with van der Waals surface area (Å²) in [5, 5.41) is 10.3. The van der Waals surface area contributed by atoms with E-state index < -0.39 is 10.0 Å². The predicted octanol–water partition coefficient (Wildman–Crippen LogP) is 3.94. The van der Waals surface area contributed by atoms with E-state index >= 15 is 0 Å². The topological polar surface area (TPSA) is 85.5 Å². The summed E-state index contributed by atoms with van der Waals surface area (Å²) in [6.07, 6.45) is 0. The van der Waals surface area contributed by atoms with Gasteiger partial charge in [-0.2, -0.15) is 4.31 Å². The van der Waals surface area contributed by atoms with Crippen molar-refractivity contribution in [3.63, 3.8) is 0 Å². The van der Waals surface area contributed by atoms with Crippen LogP contribution < -0.4 is 0 Å². The third-order valence-electron chi connectivity index (χ3n) is 3.53. The second-order valence-electron chi connectivity index (χ2n) is 5.41. The molecule has 11 heteroatoms. The molecule has 0 aliphatic heterocycles. The van der Waals surface area contributed by atoms with E-state index in [1.54, 1.807) is 0 Å². The molecule has 0 N–H and O–H groups in total. The van der Waals surface area contributed by atoms with Crippen molar-refractivity contribution in [1.82, 2.24) is 14.5 Å². The fourth-order valence-corrected chi connectivity index (χ4v) is 5.02. The summed E-state index contributed by atoms with van der Waals surface area (Å²) < 4.78 is 37.9. The molecule has 2 aromatic heterocycles. The molecule has 27 heavy (non-hydrogen) atoms. The smallest absolute Gasteiger partial charge is 0.257 e. The van der Waals surface area contributed by atoms with Gasteiger partial charge in [0.05, 0.1) is 22.9 Å². The summed E-state index contributed by atoms with van der Waals surface area (Å²) in [5.41, 5.74) is 0. The van der Waals surface area contributed by atoms with Gasteiger partial charge in [0, 0.05) is 23.7 Å². The summed E-state index contributed by atoms with van der Waals surface area (Å²) in [6, 6.07) is 7.85. The van der Waals surface area contributed by atoms with Gasteiger partial charge >= 0.3 is 0 Å². The highest BCUT2D eigenvalue weighted by molar-refractivity contribution is 7.89. The van der Waals surface area contributed by atoms with Crippen LogP contribution in [0.4, 0.5) is 0 Å². The van der Waals surface area contributed by atoms with Gasteiger partial charge in [-0.15, -0.1) is 21.5 Å². The summed E-state index contributed by atoms with van der Waals surface area (Å²) >= 11 is 13.4. The molecular formula is C16H15Cl2N3O4S2. The van der Waals surface area contributed by atoms with E-state index in [1.807, 2.05) is 17.5 Å². The van der Waals surface area contributed by atoms with Gasteiger partial charge in [-0.3, -0.25) is 0 Å². The molecule has 7 nitrogen and oxygen atoms in total. The monoisotopic (exact) mass is 447 g/mol. The molecule has 0 bridgehead atoms. The Morgan fingerprint density at radius 3 is 2.59 bits per heavy atom. The van der Waals surface area contributed by atoms with Crippen LogP contribution in [0.2, 0.25) is 10.0 Å². The maximum atomic E-state index is 13.0. The molecule has 0 atom stereocenters. The largest absolute Gasteiger partial charge is 0.418 e. The molecule has 0 saturated carbocycles. The Labute approximate surface area is 170 Å². The molecule has 2 heterocycles. The first-order valence-corrected chi connectivity index (χ1v) is 10.8. The van der Waals surface area contributed by atoms with Gasteiger partial charge in [0.15, 0.2) is 0 Å². The average molecular weight is 448 g/mol. The standard InChI is InChI=1S/C16H15Cl2N3O4S2/c1-24-5-4-21(27(22,23)13-8-11(17)7-12(18)9-13)10-15-19-20-16(25-15)14-3-2-6-26-14/h2-3,6-9H,4-5,10H2,1H3. The van der Waals surface area contributed by atoms with Gasteiger partial charge in [-0.25, -0.2) is 8.42 Å². The van der Waals surface area contributed by atoms with Crippen LogP contribution in [-0.4, -0.2) is 43.2 Å². The first-order valence-electron chi connectivity index (χ1n) is 7.71. The lowest BCUT2D eigenvalue weighted by atomic mass is 10.4. The van der Waals surface area contributed by atoms with Crippen LogP contribution in [0.25, 0.3) is 10.8 Å². The first-order chi connectivity index (χ1) is 12.9. The van der Waals surface area contributed by atoms with Crippen LogP contribution in [0.3, 0.4) is 0 Å². The molecule has 1 aromatic carbocycles. The van der Waals surface area contributed by atoms with Gasteiger partial charge in [-0.05, 0) is 29.6 Å². The number of hydrogen-bond donors (Lipinski definition) is 0. The summed E-state index contributed by atoms with van der Waals surface area (Å²) in [7, 11) is -2.41. The van der Waals surface area contributed by atoms with E-state index in [2.05, 4.69) is 10.2 Å². The van der Waals surface area contributed by atoms with Crippen molar-refractivity contribution >= 4 is 44.6 Å². The minimum atomic E-state index is -3.90. The zero-order chi connectivity index (χ0) is 19.4. The molecule has 3 rings (SSSR count). The average Bonchev–Trinajstić information content (AvgIpc) is 3.29. The summed E-state index contributed by atoms with van der Waals surface area (Å²) in [5.74, 6) is 0.515. The minimum Gasteiger partial charge on any atom is -0.418 e. The van der Waals surface area contributed by atoms with E-state index in [9.17, 15) is 8.42 Å². The molecule has 0 unspecified atom stereocenters. The Bertz CT molecular complexity index is 986. The van der Waals surface area contributed by atoms with Crippen molar-refractivity contribution < 1.29 is 17.6 Å². The number of hydrogen-bond acceptors (Lipinski definition) is 7. The van der Waals surface area contributed by atoms with Crippen LogP contribution >= 0.6 is 34.5 Å². The third kappa shape index (κ3) is 4.87. The number of rotatable bonds is 8. The highest BCUT2D eigenvalue weighted by Crippen LogP contribution is 2.27. The lowest BCUT2D eigenvalue weighted by molar-refractivity contribution is 0.174. The van der Waals surface area contributed by atoms with Gasteiger partial charge in [0.2, 0.25) is 15.9 Å². The van der Waals surface area contributed by atoms with Crippen LogP contribution in [0, 0.1) is 0 Å². The number of methoxy groups -OCH3 is 1. The molecule has 0 fully saturated rings. The SMILES string of the molecule is COCCN(Cc1nnc(-c2cccs2)o1)S(=O)(=O)c1cc(Cl)cc(Cl)c1. The van der Waals surface area contributed by atoms with E-state index in [4.69, 9.17) is 32.4 Å². The summed E-state index contributed by atoms with van der Waals surface area (Å²) in [6.45, 7) is 0.188. The maximum Gasteiger partial charge on any atom is 0.257 e. The quantitative estimate of drug-likeness (QED) is 0.519. The molecule has 0 aliphatic rings. The molecule has 0 aliphatic carbocycles. The highest BCUT2D eigenvalue weighted by atomic mass is 35.5. The van der Waals surface area contributed by atoms with E-state index in [0.717, 1.165) is 4.88 Å². The lowest BCUT2D eigenvalue weighted by Gasteiger charge is -2.20. The Hall–Kier alpha value is -1.49. The van der Waals surface area contributed by atoms with Gasteiger partial charge < -0.3 is 9.15 Å². The number of sulfonamides is 1. The van der Waals surface area contributed by atoms with Gasteiger partial charge in [0.25, 0.3) is 5.89 Å². The number of ether oxygens (including phenoxy) is 1. The lowest BCUT2D eigenvalue weighted by Crippen LogP contribution is -2.33. The second kappa shape index (κ2) is 8.68. The van der Waals surface area contributed by atoms with Crippen molar-refractivity contribution in [2.45, 2.75) is 11.4 Å².